The minimum atomic E-state index is -3.87. The Bertz CT molecular complexity index is 1300. The number of carbonyl (C=O) groups is 1. The minimum absolute atomic E-state index is 0.00302. The fraction of sp³-hybridized carbons (Fsp3) is 0.519. The van der Waals surface area contributed by atoms with Gasteiger partial charge in [-0.1, -0.05) is 54.8 Å². The molecule has 2 aromatic carbocycles. The Kier molecular flexibility index (Phi) is 9.52. The fourth-order valence-electron chi connectivity index (χ4n) is 5.39. The average Bonchev–Trinajstić information content (AvgIpc) is 2.93. The molecular weight excluding hydrogens is 546 g/mol. The van der Waals surface area contributed by atoms with Crippen LogP contribution in [0.2, 0.25) is 5.02 Å². The minimum Gasteiger partial charge on any atom is -0.351 e. The number of rotatable bonds is 9. The van der Waals surface area contributed by atoms with Crippen LogP contribution < -0.4 is 5.32 Å². The summed E-state index contributed by atoms with van der Waals surface area (Å²) in [6.45, 7) is 2.35. The van der Waals surface area contributed by atoms with Crippen molar-refractivity contribution < 1.29 is 21.6 Å². The van der Waals surface area contributed by atoms with E-state index in [4.69, 9.17) is 11.6 Å². The normalized spacial score (nSPS) is 23.3. The molecule has 1 aliphatic heterocycles. The maximum Gasteiger partial charge on any atom is 0.243 e. The highest BCUT2D eigenvalue weighted by molar-refractivity contribution is 7.89. The van der Waals surface area contributed by atoms with Crippen molar-refractivity contribution in [3.63, 3.8) is 0 Å². The Morgan fingerprint density at radius 1 is 0.974 bits per heavy atom. The smallest absolute Gasteiger partial charge is 0.243 e. The SMILES string of the molecule is CCS(=O)(=O)N1CCCC(C(=O)NC2CCCC[C@H]2N(Cc2ccc(Cl)cc2)S(=O)(=O)c2ccccc2)C1. The molecule has 1 saturated carbocycles. The second-order valence-electron chi connectivity index (χ2n) is 10.1. The zero-order valence-electron chi connectivity index (χ0n) is 21.6. The highest BCUT2D eigenvalue weighted by Crippen LogP contribution is 2.31. The summed E-state index contributed by atoms with van der Waals surface area (Å²) in [6.07, 6.45) is 4.23. The van der Waals surface area contributed by atoms with Gasteiger partial charge in [0.05, 0.1) is 16.6 Å². The van der Waals surface area contributed by atoms with Crippen molar-refractivity contribution in [2.24, 2.45) is 5.92 Å². The lowest BCUT2D eigenvalue weighted by Crippen LogP contribution is -2.56. The number of hydrogen-bond donors (Lipinski definition) is 1. The summed E-state index contributed by atoms with van der Waals surface area (Å²) in [5.41, 5.74) is 0.803. The second-order valence-corrected chi connectivity index (χ2v) is 14.6. The predicted molar refractivity (Wildman–Crippen MR) is 149 cm³/mol. The largest absolute Gasteiger partial charge is 0.351 e. The number of carbonyl (C=O) groups excluding carboxylic acids is 1. The van der Waals surface area contributed by atoms with Crippen LogP contribution in [0, 0.1) is 5.92 Å². The van der Waals surface area contributed by atoms with Crippen molar-refractivity contribution in [2.75, 3.05) is 18.8 Å². The number of nitrogens with one attached hydrogen (secondary N) is 1. The molecule has 0 bridgehead atoms. The van der Waals surface area contributed by atoms with Crippen molar-refractivity contribution >= 4 is 37.6 Å². The maximum absolute atomic E-state index is 13.9. The highest BCUT2D eigenvalue weighted by atomic mass is 35.5. The molecular formula is C27H36ClN3O5S2. The van der Waals surface area contributed by atoms with Gasteiger partial charge in [0.25, 0.3) is 0 Å². The molecule has 2 aromatic rings. The molecule has 2 unspecified atom stereocenters. The van der Waals surface area contributed by atoms with E-state index in [9.17, 15) is 21.6 Å². The summed E-state index contributed by atoms with van der Waals surface area (Å²) in [6, 6.07) is 14.7. The lowest BCUT2D eigenvalue weighted by Gasteiger charge is -2.40. The van der Waals surface area contributed by atoms with E-state index in [2.05, 4.69) is 5.32 Å². The van der Waals surface area contributed by atoms with Crippen molar-refractivity contribution in [1.29, 1.82) is 0 Å². The van der Waals surface area contributed by atoms with E-state index < -0.39 is 32.0 Å². The quantitative estimate of drug-likeness (QED) is 0.482. The van der Waals surface area contributed by atoms with Gasteiger partial charge in [-0.2, -0.15) is 4.31 Å². The summed E-state index contributed by atoms with van der Waals surface area (Å²) >= 11 is 6.06. The maximum atomic E-state index is 13.9. The first-order valence-corrected chi connectivity index (χ1v) is 16.6. The second kappa shape index (κ2) is 12.5. The first-order chi connectivity index (χ1) is 18.1. The zero-order valence-corrected chi connectivity index (χ0v) is 24.0. The van der Waals surface area contributed by atoms with Gasteiger partial charge in [-0.05, 0) is 62.4 Å². The summed E-state index contributed by atoms with van der Waals surface area (Å²) < 4.78 is 55.6. The number of nitrogens with zero attached hydrogens (tertiary/aromatic N) is 2. The Hall–Kier alpha value is -1.98. The number of sulfonamides is 2. The lowest BCUT2D eigenvalue weighted by atomic mass is 9.89. The van der Waals surface area contributed by atoms with E-state index in [1.165, 1.54) is 8.61 Å². The van der Waals surface area contributed by atoms with Crippen LogP contribution in [0.1, 0.15) is 51.0 Å². The molecule has 1 saturated heterocycles. The third-order valence-electron chi connectivity index (χ3n) is 7.54. The van der Waals surface area contributed by atoms with E-state index in [-0.39, 0.29) is 35.7 Å². The van der Waals surface area contributed by atoms with E-state index in [1.807, 2.05) is 12.1 Å². The van der Waals surface area contributed by atoms with Crippen LogP contribution in [0.4, 0.5) is 0 Å². The molecule has 208 valence electrons. The summed E-state index contributed by atoms with van der Waals surface area (Å²) in [4.78, 5) is 13.6. The molecule has 0 spiro atoms. The Morgan fingerprint density at radius 3 is 2.34 bits per heavy atom. The van der Waals surface area contributed by atoms with Gasteiger partial charge in [-0.25, -0.2) is 21.1 Å². The monoisotopic (exact) mass is 581 g/mol. The highest BCUT2D eigenvalue weighted by Gasteiger charge is 2.40. The zero-order chi connectivity index (χ0) is 27.3. The summed E-state index contributed by atoms with van der Waals surface area (Å²) in [5.74, 6) is -0.659. The number of halogens is 1. The predicted octanol–water partition coefficient (Wildman–Crippen LogP) is 4.02. The molecule has 1 amide bonds. The van der Waals surface area contributed by atoms with Gasteiger partial charge < -0.3 is 5.32 Å². The van der Waals surface area contributed by atoms with Crippen LogP contribution >= 0.6 is 11.6 Å². The molecule has 4 rings (SSSR count). The van der Waals surface area contributed by atoms with E-state index >= 15 is 0 Å². The van der Waals surface area contributed by atoms with Crippen LogP contribution in [0.5, 0.6) is 0 Å². The summed E-state index contributed by atoms with van der Waals surface area (Å²) in [5, 5.41) is 3.71. The van der Waals surface area contributed by atoms with Gasteiger partial charge in [0.15, 0.2) is 0 Å². The molecule has 1 aliphatic carbocycles. The molecule has 1 N–H and O–H groups in total. The van der Waals surface area contributed by atoms with Crippen LogP contribution in [-0.4, -0.2) is 62.3 Å². The number of hydrogen-bond acceptors (Lipinski definition) is 5. The van der Waals surface area contributed by atoms with E-state index in [1.54, 1.807) is 49.4 Å². The summed E-state index contributed by atoms with van der Waals surface area (Å²) in [7, 11) is -7.25. The Balaban J connectivity index is 1.59. The standard InChI is InChI=1S/C27H36ClN3O5S2/c1-2-37(33,34)30-18-8-9-22(20-30)27(32)29-25-12-6-7-13-26(25)31(19-21-14-16-23(28)17-15-21)38(35,36)24-10-4-3-5-11-24/h3-5,10-11,14-17,22,25-26H,2,6-9,12-13,18-20H2,1H3,(H,29,32)/t22?,25?,26-/m1/s1. The topological polar surface area (TPSA) is 104 Å². The van der Waals surface area contributed by atoms with Gasteiger partial charge in [0.1, 0.15) is 0 Å². The van der Waals surface area contributed by atoms with Crippen LogP contribution in [0.25, 0.3) is 0 Å². The molecule has 2 fully saturated rings. The lowest BCUT2D eigenvalue weighted by molar-refractivity contribution is -0.127. The first-order valence-electron chi connectivity index (χ1n) is 13.2. The molecule has 11 heteroatoms. The van der Waals surface area contributed by atoms with E-state index in [0.717, 1.165) is 18.4 Å². The fourth-order valence-corrected chi connectivity index (χ4v) is 8.40. The third kappa shape index (κ3) is 6.77. The number of benzene rings is 2. The van der Waals surface area contributed by atoms with Gasteiger partial charge >= 0.3 is 0 Å². The van der Waals surface area contributed by atoms with Crippen LogP contribution in [-0.2, 0) is 31.4 Å². The molecule has 2 aliphatic rings. The van der Waals surface area contributed by atoms with Crippen molar-refractivity contribution in [2.45, 2.75) is 69.0 Å². The number of piperidine rings is 1. The third-order valence-corrected chi connectivity index (χ3v) is 11.5. The average molecular weight is 582 g/mol. The van der Waals surface area contributed by atoms with Gasteiger partial charge in [-0.3, -0.25) is 4.79 Å². The number of amides is 1. The molecule has 8 nitrogen and oxygen atoms in total. The van der Waals surface area contributed by atoms with Gasteiger partial charge in [-0.15, -0.1) is 0 Å². The van der Waals surface area contributed by atoms with Crippen molar-refractivity contribution in [1.82, 2.24) is 13.9 Å². The molecule has 38 heavy (non-hydrogen) atoms. The van der Waals surface area contributed by atoms with Crippen molar-refractivity contribution in [3.05, 3.63) is 65.2 Å². The van der Waals surface area contributed by atoms with Gasteiger partial charge in [0.2, 0.25) is 26.0 Å². The molecule has 0 aromatic heterocycles. The first kappa shape index (κ1) is 29.0. The van der Waals surface area contributed by atoms with E-state index in [0.29, 0.717) is 37.3 Å². The molecule has 0 radical (unpaired) electrons. The Labute approximate surface area is 231 Å². The van der Waals surface area contributed by atoms with Crippen LogP contribution in [0.3, 0.4) is 0 Å². The molecule has 3 atom stereocenters. The van der Waals surface area contributed by atoms with Gasteiger partial charge in [0, 0.05) is 36.7 Å². The van der Waals surface area contributed by atoms with Crippen molar-refractivity contribution in [3.8, 4) is 0 Å². The van der Waals surface area contributed by atoms with Crippen LogP contribution in [0.15, 0.2) is 59.5 Å². The molecule has 1 heterocycles. The Morgan fingerprint density at radius 2 is 1.66 bits per heavy atom.